The normalized spacial score (nSPS) is 12.6. The number of imidazole rings is 1. The van der Waals surface area contributed by atoms with Gasteiger partial charge < -0.3 is 4.57 Å². The number of hydrogen-bond acceptors (Lipinski definition) is 4. The van der Waals surface area contributed by atoms with Crippen LogP contribution in [0.4, 0.5) is 0 Å². The summed E-state index contributed by atoms with van der Waals surface area (Å²) < 4.78 is 2.17. The van der Waals surface area contributed by atoms with Crippen molar-refractivity contribution >= 4 is 0 Å². The molecule has 1 atom stereocenters. The number of nitrogens with zero attached hydrogens (tertiary/aromatic N) is 3. The van der Waals surface area contributed by atoms with Gasteiger partial charge in [0.2, 0.25) is 0 Å². The molecular formula is C14H21N5. The average Bonchev–Trinajstić information content (AvgIpc) is 2.84. The van der Waals surface area contributed by atoms with Crippen LogP contribution in [-0.2, 0) is 13.0 Å². The SMILES string of the molecule is CCCn1ccnc1CC(NN)c1cncc(C)c1. The second kappa shape index (κ2) is 6.45. The standard InChI is InChI=1S/C14H21N5/c1-3-5-19-6-4-17-14(19)8-13(18-15)12-7-11(2)9-16-10-12/h4,6-7,9-10,13,18H,3,5,8,15H2,1-2H3. The quantitative estimate of drug-likeness (QED) is 0.612. The van der Waals surface area contributed by atoms with Gasteiger partial charge in [-0.2, -0.15) is 0 Å². The van der Waals surface area contributed by atoms with Gasteiger partial charge in [-0.05, 0) is 24.5 Å². The molecule has 0 radical (unpaired) electrons. The van der Waals surface area contributed by atoms with Crippen LogP contribution in [0.2, 0.25) is 0 Å². The van der Waals surface area contributed by atoms with Crippen molar-refractivity contribution in [2.45, 2.75) is 39.3 Å². The smallest absolute Gasteiger partial charge is 0.110 e. The molecule has 0 aromatic carbocycles. The molecular weight excluding hydrogens is 238 g/mol. The first-order valence-corrected chi connectivity index (χ1v) is 6.62. The fourth-order valence-electron chi connectivity index (χ4n) is 2.20. The summed E-state index contributed by atoms with van der Waals surface area (Å²) in [5, 5.41) is 0. The molecule has 2 rings (SSSR count). The maximum absolute atomic E-state index is 5.68. The molecule has 3 N–H and O–H groups in total. The van der Waals surface area contributed by atoms with Gasteiger partial charge in [-0.15, -0.1) is 0 Å². The van der Waals surface area contributed by atoms with Crippen LogP contribution >= 0.6 is 0 Å². The van der Waals surface area contributed by atoms with Crippen LogP contribution in [0.5, 0.6) is 0 Å². The lowest BCUT2D eigenvalue weighted by atomic mass is 10.0. The van der Waals surface area contributed by atoms with Crippen LogP contribution in [0.1, 0.15) is 36.3 Å². The van der Waals surface area contributed by atoms with Gasteiger partial charge in [-0.3, -0.25) is 16.3 Å². The number of nitrogens with two attached hydrogens (primary N) is 1. The summed E-state index contributed by atoms with van der Waals surface area (Å²) in [5.41, 5.74) is 5.09. The highest BCUT2D eigenvalue weighted by Gasteiger charge is 2.14. The molecule has 2 aromatic heterocycles. The van der Waals surface area contributed by atoms with E-state index in [2.05, 4.69) is 33.0 Å². The zero-order valence-corrected chi connectivity index (χ0v) is 11.5. The van der Waals surface area contributed by atoms with Gasteiger partial charge in [0, 0.05) is 37.8 Å². The second-order valence-corrected chi connectivity index (χ2v) is 4.76. The van der Waals surface area contributed by atoms with Crippen LogP contribution in [-0.4, -0.2) is 14.5 Å². The van der Waals surface area contributed by atoms with Crippen molar-refractivity contribution in [3.8, 4) is 0 Å². The summed E-state index contributed by atoms with van der Waals surface area (Å²) in [5.74, 6) is 6.73. The van der Waals surface area contributed by atoms with E-state index >= 15 is 0 Å². The molecule has 5 nitrogen and oxygen atoms in total. The van der Waals surface area contributed by atoms with Crippen LogP contribution in [0, 0.1) is 6.92 Å². The summed E-state index contributed by atoms with van der Waals surface area (Å²) in [6, 6.07) is 2.13. The molecule has 0 bridgehead atoms. The predicted molar refractivity (Wildman–Crippen MR) is 75.3 cm³/mol. The largest absolute Gasteiger partial charge is 0.335 e. The summed E-state index contributed by atoms with van der Waals surface area (Å²) in [6.07, 6.45) is 9.40. The minimum absolute atomic E-state index is 0.0328. The Kier molecular flexibility index (Phi) is 4.65. The van der Waals surface area contributed by atoms with Gasteiger partial charge in [0.05, 0.1) is 6.04 Å². The summed E-state index contributed by atoms with van der Waals surface area (Å²) >= 11 is 0. The Hall–Kier alpha value is -1.72. The Labute approximate surface area is 113 Å². The topological polar surface area (TPSA) is 68.8 Å². The van der Waals surface area contributed by atoms with Gasteiger partial charge >= 0.3 is 0 Å². The number of hydrazine groups is 1. The van der Waals surface area contributed by atoms with E-state index in [0.29, 0.717) is 0 Å². The van der Waals surface area contributed by atoms with Crippen molar-refractivity contribution in [2.75, 3.05) is 0 Å². The van der Waals surface area contributed by atoms with Gasteiger partial charge in [-0.1, -0.05) is 13.0 Å². The summed E-state index contributed by atoms with van der Waals surface area (Å²) in [6.45, 7) is 5.17. The Morgan fingerprint density at radius 3 is 2.95 bits per heavy atom. The number of nitrogens with one attached hydrogen (secondary N) is 1. The fourth-order valence-corrected chi connectivity index (χ4v) is 2.20. The first-order valence-electron chi connectivity index (χ1n) is 6.62. The highest BCUT2D eigenvalue weighted by Crippen LogP contribution is 2.17. The Morgan fingerprint density at radius 1 is 1.42 bits per heavy atom. The van der Waals surface area contributed by atoms with Gasteiger partial charge in [0.1, 0.15) is 5.82 Å². The number of hydrogen-bond donors (Lipinski definition) is 2. The van der Waals surface area contributed by atoms with Crippen LogP contribution in [0.3, 0.4) is 0 Å². The predicted octanol–water partition coefficient (Wildman–Crippen LogP) is 1.74. The second-order valence-electron chi connectivity index (χ2n) is 4.76. The molecule has 0 fully saturated rings. The third-order valence-corrected chi connectivity index (χ3v) is 3.15. The Balaban J connectivity index is 2.17. The van der Waals surface area contributed by atoms with Crippen molar-refractivity contribution in [3.63, 3.8) is 0 Å². The monoisotopic (exact) mass is 259 g/mol. The van der Waals surface area contributed by atoms with Gasteiger partial charge in [0.15, 0.2) is 0 Å². The summed E-state index contributed by atoms with van der Waals surface area (Å²) in [7, 11) is 0. The molecule has 0 aliphatic rings. The van der Waals surface area contributed by atoms with E-state index in [9.17, 15) is 0 Å². The van der Waals surface area contributed by atoms with Crippen LogP contribution < -0.4 is 11.3 Å². The van der Waals surface area contributed by atoms with E-state index in [1.165, 1.54) is 0 Å². The molecule has 102 valence electrons. The average molecular weight is 259 g/mol. The van der Waals surface area contributed by atoms with Crippen molar-refractivity contribution in [3.05, 3.63) is 47.8 Å². The lowest BCUT2D eigenvalue weighted by Gasteiger charge is -2.17. The molecule has 0 amide bonds. The number of rotatable bonds is 6. The maximum Gasteiger partial charge on any atom is 0.110 e. The van der Waals surface area contributed by atoms with Crippen LogP contribution in [0.25, 0.3) is 0 Å². The Morgan fingerprint density at radius 2 is 2.26 bits per heavy atom. The van der Waals surface area contributed by atoms with E-state index in [1.807, 2.05) is 31.7 Å². The molecule has 0 spiro atoms. The maximum atomic E-state index is 5.68. The van der Waals surface area contributed by atoms with E-state index in [4.69, 9.17) is 5.84 Å². The first kappa shape index (κ1) is 13.7. The zero-order chi connectivity index (χ0) is 13.7. The van der Waals surface area contributed by atoms with Gasteiger partial charge in [0.25, 0.3) is 0 Å². The van der Waals surface area contributed by atoms with E-state index in [1.54, 1.807) is 0 Å². The highest BCUT2D eigenvalue weighted by atomic mass is 15.2. The lowest BCUT2D eigenvalue weighted by molar-refractivity contribution is 0.515. The molecule has 0 aliphatic carbocycles. The van der Waals surface area contributed by atoms with Crippen molar-refractivity contribution in [2.24, 2.45) is 5.84 Å². The molecule has 0 aliphatic heterocycles. The molecule has 5 heteroatoms. The van der Waals surface area contributed by atoms with E-state index in [-0.39, 0.29) is 6.04 Å². The van der Waals surface area contributed by atoms with E-state index in [0.717, 1.165) is 36.3 Å². The van der Waals surface area contributed by atoms with Crippen molar-refractivity contribution < 1.29 is 0 Å². The fraction of sp³-hybridized carbons (Fsp3) is 0.429. The Bertz CT molecular complexity index is 520. The summed E-state index contributed by atoms with van der Waals surface area (Å²) in [4.78, 5) is 8.64. The van der Waals surface area contributed by atoms with Gasteiger partial charge in [-0.25, -0.2) is 4.98 Å². The number of aromatic nitrogens is 3. The minimum Gasteiger partial charge on any atom is -0.335 e. The van der Waals surface area contributed by atoms with Crippen molar-refractivity contribution in [1.82, 2.24) is 20.0 Å². The number of aryl methyl sites for hydroxylation is 2. The zero-order valence-electron chi connectivity index (χ0n) is 11.5. The molecule has 2 heterocycles. The molecule has 0 saturated carbocycles. The molecule has 2 aromatic rings. The number of pyridine rings is 1. The van der Waals surface area contributed by atoms with E-state index < -0.39 is 0 Å². The molecule has 19 heavy (non-hydrogen) atoms. The third kappa shape index (κ3) is 3.39. The minimum atomic E-state index is 0.0328. The molecule has 0 saturated heterocycles. The lowest BCUT2D eigenvalue weighted by Crippen LogP contribution is -2.30. The highest BCUT2D eigenvalue weighted by molar-refractivity contribution is 5.21. The first-order chi connectivity index (χ1) is 9.24. The third-order valence-electron chi connectivity index (χ3n) is 3.15. The van der Waals surface area contributed by atoms with Crippen LogP contribution in [0.15, 0.2) is 30.9 Å². The molecule has 1 unspecified atom stereocenters. The van der Waals surface area contributed by atoms with Crippen molar-refractivity contribution in [1.29, 1.82) is 0 Å².